The van der Waals surface area contributed by atoms with Crippen molar-refractivity contribution in [1.82, 2.24) is 0 Å². The third-order valence-corrected chi connectivity index (χ3v) is 7.70. The minimum Gasteiger partial charge on any atom is -0.546 e. The summed E-state index contributed by atoms with van der Waals surface area (Å²) in [6, 6.07) is 18.1. The first-order chi connectivity index (χ1) is 15.0. The molecule has 0 aromatic heterocycles. The molecule has 2 unspecified atom stereocenters. The topological polar surface area (TPSA) is 80.6 Å². The van der Waals surface area contributed by atoms with Crippen molar-refractivity contribution in [3.05, 3.63) is 71.8 Å². The van der Waals surface area contributed by atoms with Gasteiger partial charge in [-0.2, -0.15) is 0 Å². The highest BCUT2D eigenvalue weighted by atomic mass is 35.5. The maximum atomic E-state index is 11.3. The van der Waals surface area contributed by atoms with Crippen molar-refractivity contribution in [2.24, 2.45) is 0 Å². The minimum absolute atomic E-state index is 0. The van der Waals surface area contributed by atoms with Crippen LogP contribution in [0.25, 0.3) is 0 Å². The van der Waals surface area contributed by atoms with Crippen LogP contribution >= 0.6 is 12.4 Å². The first-order valence-electron chi connectivity index (χ1n) is 11.6. The highest BCUT2D eigenvalue weighted by molar-refractivity contribution is 5.85. The Morgan fingerprint density at radius 2 is 1.28 bits per heavy atom. The Morgan fingerprint density at radius 3 is 1.69 bits per heavy atom. The summed E-state index contributed by atoms with van der Waals surface area (Å²) in [6.45, 7) is 2.84. The fourth-order valence-electron chi connectivity index (χ4n) is 6.17. The van der Waals surface area contributed by atoms with Gasteiger partial charge in [0.15, 0.2) is 5.60 Å². The molecule has 2 bridgehead atoms. The van der Waals surface area contributed by atoms with E-state index in [1.54, 1.807) is 60.7 Å². The van der Waals surface area contributed by atoms with Gasteiger partial charge in [-0.1, -0.05) is 60.7 Å². The maximum absolute atomic E-state index is 11.3. The van der Waals surface area contributed by atoms with Gasteiger partial charge < -0.3 is 24.6 Å². The van der Waals surface area contributed by atoms with E-state index in [9.17, 15) is 20.1 Å². The number of aliphatic hydroxyl groups is 2. The molecule has 0 saturated carbocycles. The lowest BCUT2D eigenvalue weighted by Gasteiger charge is -2.51. The van der Waals surface area contributed by atoms with Gasteiger partial charge in [-0.15, -0.1) is 12.4 Å². The van der Waals surface area contributed by atoms with E-state index < -0.39 is 11.6 Å². The molecule has 5 nitrogen and oxygen atoms in total. The molecule has 3 aliphatic rings. The molecule has 2 aromatic rings. The predicted octanol–water partition coefficient (Wildman–Crippen LogP) is 2.77. The largest absolute Gasteiger partial charge is 0.546 e. The van der Waals surface area contributed by atoms with Crippen LogP contribution in [0.3, 0.4) is 0 Å². The number of quaternary nitrogens is 1. The van der Waals surface area contributed by atoms with Crippen LogP contribution in [0.4, 0.5) is 0 Å². The van der Waals surface area contributed by atoms with E-state index in [0.717, 1.165) is 24.9 Å². The normalized spacial score (nSPS) is 25.9. The lowest BCUT2D eigenvalue weighted by molar-refractivity contribution is -0.970. The molecule has 0 aliphatic carbocycles. The second-order valence-electron chi connectivity index (χ2n) is 9.35. The van der Waals surface area contributed by atoms with Crippen LogP contribution in [0.2, 0.25) is 0 Å². The van der Waals surface area contributed by atoms with Crippen LogP contribution in [-0.4, -0.2) is 51.9 Å². The van der Waals surface area contributed by atoms with Gasteiger partial charge in [0.2, 0.25) is 0 Å². The Morgan fingerprint density at radius 1 is 0.844 bits per heavy atom. The number of hydrogen-bond acceptors (Lipinski definition) is 4. The molecule has 3 saturated heterocycles. The highest BCUT2D eigenvalue weighted by Crippen LogP contribution is 2.44. The van der Waals surface area contributed by atoms with Gasteiger partial charge in [0.25, 0.3) is 0 Å². The van der Waals surface area contributed by atoms with Crippen molar-refractivity contribution >= 4 is 18.4 Å². The average molecular weight is 460 g/mol. The summed E-state index contributed by atoms with van der Waals surface area (Å²) < 4.78 is 1.41. The molecule has 3 aliphatic heterocycles. The summed E-state index contributed by atoms with van der Waals surface area (Å²) in [5.41, 5.74) is -1.54. The summed E-state index contributed by atoms with van der Waals surface area (Å²) in [6.07, 6.45) is 9.31. The van der Waals surface area contributed by atoms with Gasteiger partial charge in [-0.05, 0) is 30.4 Å². The molecule has 0 radical (unpaired) electrons. The van der Waals surface area contributed by atoms with Crippen LogP contribution < -0.4 is 5.11 Å². The number of halogens is 1. The Labute approximate surface area is 196 Å². The smallest absolute Gasteiger partial charge is 0.154 e. The number of nitrogens with zero attached hydrogens (tertiary/aromatic N) is 1. The van der Waals surface area contributed by atoms with Crippen molar-refractivity contribution < 1.29 is 24.6 Å². The van der Waals surface area contributed by atoms with Crippen LogP contribution in [0.1, 0.15) is 56.1 Å². The van der Waals surface area contributed by atoms with E-state index in [0.29, 0.717) is 0 Å². The van der Waals surface area contributed by atoms with Crippen LogP contribution in [0, 0.1) is 0 Å². The van der Waals surface area contributed by atoms with E-state index in [1.807, 2.05) is 0 Å². The van der Waals surface area contributed by atoms with Crippen molar-refractivity contribution in [2.75, 3.05) is 13.1 Å². The van der Waals surface area contributed by atoms with Gasteiger partial charge in [-0.3, -0.25) is 0 Å². The number of piperidine rings is 2. The zero-order valence-corrected chi connectivity index (χ0v) is 19.3. The second-order valence-corrected chi connectivity index (χ2v) is 9.35. The number of benzene rings is 2. The highest BCUT2D eigenvalue weighted by Gasteiger charge is 2.53. The molecule has 0 amide bonds. The van der Waals surface area contributed by atoms with Gasteiger partial charge in [-0.25, -0.2) is 0 Å². The molecule has 3 heterocycles. The number of hydrogen-bond donors (Lipinski definition) is 2. The monoisotopic (exact) mass is 459 g/mol. The molecule has 1 spiro atoms. The molecule has 2 aromatic carbocycles. The predicted molar refractivity (Wildman–Crippen MR) is 124 cm³/mol. The van der Waals surface area contributed by atoms with Crippen LogP contribution in [-0.2, 0) is 10.4 Å². The van der Waals surface area contributed by atoms with Gasteiger partial charge >= 0.3 is 0 Å². The van der Waals surface area contributed by atoms with Gasteiger partial charge in [0.05, 0.1) is 37.2 Å². The van der Waals surface area contributed by atoms with E-state index >= 15 is 0 Å². The maximum Gasteiger partial charge on any atom is 0.154 e. The molecule has 2 N–H and O–H groups in total. The fraction of sp³-hybridized carbons (Fsp3) is 0.500. The number of rotatable bonds is 3. The van der Waals surface area contributed by atoms with E-state index in [4.69, 9.17) is 0 Å². The summed E-state index contributed by atoms with van der Waals surface area (Å²) in [7, 11) is 0. The number of aliphatic carboxylic acids is 1. The first kappa shape index (κ1) is 24.7. The number of carbonyl (C=O) groups excluding carboxylic acids is 1. The lowest BCUT2D eigenvalue weighted by atomic mass is 9.86. The third-order valence-electron chi connectivity index (χ3n) is 7.70. The number of aliphatic hydroxyl groups excluding tert-OH is 1. The molecule has 6 heteroatoms. The summed E-state index contributed by atoms with van der Waals surface area (Å²) in [5, 5.41) is 31.4. The fourth-order valence-corrected chi connectivity index (χ4v) is 6.17. The standard InChI is InChI=1S/C14H12O3.C12H22NO.ClH/c15-13(16)14(17,11-7-3-1-4-8-11)12-9-5-2-6-10-12;14-12-8-10-4-5-11(9-12)13(10)6-2-1-3-7-13;/h1-10,17H,(H,15,16);10-12,14H,1-9H2;1H/q;+1;/p-1. The Balaban J connectivity index is 0.000000178. The summed E-state index contributed by atoms with van der Waals surface area (Å²) >= 11 is 0. The van der Waals surface area contributed by atoms with Crippen LogP contribution in [0.15, 0.2) is 60.7 Å². The minimum atomic E-state index is -2.11. The SMILES string of the molecule is Cl.O=C([O-])C(O)(c1ccccc1)c1ccccc1.OC1CC2CCC(C1)[N+]21CCCCC1. The quantitative estimate of drug-likeness (QED) is 0.691. The van der Waals surface area contributed by atoms with E-state index in [1.165, 1.54) is 49.7 Å². The molecule has 32 heavy (non-hydrogen) atoms. The lowest BCUT2D eigenvalue weighted by Crippen LogP contribution is -2.63. The molecule has 3 fully saturated rings. The molecule has 174 valence electrons. The molecular weight excluding hydrogens is 426 g/mol. The van der Waals surface area contributed by atoms with Crippen molar-refractivity contribution in [3.8, 4) is 0 Å². The number of carbonyl (C=O) groups is 1. The number of carboxylic acids is 1. The summed E-state index contributed by atoms with van der Waals surface area (Å²) in [5.74, 6) is -1.53. The van der Waals surface area contributed by atoms with Gasteiger partial charge in [0, 0.05) is 25.7 Å². The van der Waals surface area contributed by atoms with Crippen molar-refractivity contribution in [3.63, 3.8) is 0 Å². The van der Waals surface area contributed by atoms with Gasteiger partial charge in [0.1, 0.15) is 0 Å². The Kier molecular flexibility index (Phi) is 7.99. The Hall–Kier alpha value is -1.92. The molecule has 5 rings (SSSR count). The second kappa shape index (κ2) is 10.3. The zero-order chi connectivity index (χ0) is 21.9. The van der Waals surface area contributed by atoms with E-state index in [2.05, 4.69) is 0 Å². The molecule has 2 atom stereocenters. The first-order valence-corrected chi connectivity index (χ1v) is 11.6. The molecular formula is C26H34ClNO4. The van der Waals surface area contributed by atoms with Crippen LogP contribution in [0.5, 0.6) is 0 Å². The van der Waals surface area contributed by atoms with Crippen molar-refractivity contribution in [2.45, 2.75) is 68.7 Å². The van der Waals surface area contributed by atoms with Crippen molar-refractivity contribution in [1.29, 1.82) is 0 Å². The average Bonchev–Trinajstić information content (AvgIpc) is 2.98. The summed E-state index contributed by atoms with van der Waals surface area (Å²) in [4.78, 5) is 11.3. The van der Waals surface area contributed by atoms with E-state index in [-0.39, 0.29) is 29.6 Å². The zero-order valence-electron chi connectivity index (χ0n) is 18.4. The Bertz CT molecular complexity index is 814. The third kappa shape index (κ3) is 4.58. The number of carboxylic acid groups (broad SMARTS) is 1.